The molecule has 0 aromatic heterocycles. The second-order valence-corrected chi connectivity index (χ2v) is 8.77. The van der Waals surface area contributed by atoms with Gasteiger partial charge in [-0.05, 0) is 60.9 Å². The van der Waals surface area contributed by atoms with Crippen LogP contribution in [0.15, 0.2) is 88.9 Å². The van der Waals surface area contributed by atoms with Crippen molar-refractivity contribution < 1.29 is 17.9 Å². The van der Waals surface area contributed by atoms with Crippen LogP contribution in [0.25, 0.3) is 0 Å². The Hall–Kier alpha value is -3.65. The van der Waals surface area contributed by atoms with Gasteiger partial charge in [-0.1, -0.05) is 48.0 Å². The lowest BCUT2D eigenvalue weighted by atomic mass is 10.1. The first-order valence-corrected chi connectivity index (χ1v) is 11.6. The first-order valence-electron chi connectivity index (χ1n) is 10.1. The smallest absolute Gasteiger partial charge is 0.276 e. The standard InChI is InChI=1S/C24H25N3O4S/c1-19-7-13-23(14-8-19)32(29,30)27-26-17-21-9-11-22(12-10-21)31-18-24(28)25-16-15-20-5-3-2-4-6-20/h2-14,17,27H,15-16,18H2,1H3,(H,25,28)/b26-17-. The minimum Gasteiger partial charge on any atom is -0.484 e. The van der Waals surface area contributed by atoms with E-state index in [1.54, 1.807) is 36.4 Å². The molecule has 3 aromatic rings. The number of rotatable bonds is 10. The molecule has 0 saturated heterocycles. The lowest BCUT2D eigenvalue weighted by Gasteiger charge is -2.08. The van der Waals surface area contributed by atoms with E-state index in [0.29, 0.717) is 17.9 Å². The molecule has 0 atom stereocenters. The van der Waals surface area contributed by atoms with Gasteiger partial charge in [0.15, 0.2) is 6.61 Å². The van der Waals surface area contributed by atoms with Gasteiger partial charge in [-0.3, -0.25) is 4.79 Å². The van der Waals surface area contributed by atoms with Crippen molar-refractivity contribution in [2.45, 2.75) is 18.2 Å². The molecule has 32 heavy (non-hydrogen) atoms. The SMILES string of the molecule is Cc1ccc(S(=O)(=O)N/N=C\c2ccc(OCC(=O)NCCc3ccccc3)cc2)cc1. The minimum atomic E-state index is -3.72. The summed E-state index contributed by atoms with van der Waals surface area (Å²) < 4.78 is 29.9. The molecule has 2 N–H and O–H groups in total. The summed E-state index contributed by atoms with van der Waals surface area (Å²) in [6, 6.07) is 23.2. The van der Waals surface area contributed by atoms with Gasteiger partial charge in [0, 0.05) is 6.54 Å². The van der Waals surface area contributed by atoms with Crippen LogP contribution >= 0.6 is 0 Å². The number of ether oxygens (including phenoxy) is 1. The van der Waals surface area contributed by atoms with Gasteiger partial charge in [0.1, 0.15) is 5.75 Å². The molecular weight excluding hydrogens is 426 g/mol. The van der Waals surface area contributed by atoms with Gasteiger partial charge in [0.25, 0.3) is 15.9 Å². The van der Waals surface area contributed by atoms with Gasteiger partial charge in [-0.25, -0.2) is 4.83 Å². The van der Waals surface area contributed by atoms with Crippen LogP contribution in [-0.2, 0) is 21.2 Å². The van der Waals surface area contributed by atoms with Crippen molar-refractivity contribution in [3.05, 3.63) is 95.6 Å². The maximum Gasteiger partial charge on any atom is 0.276 e. The highest BCUT2D eigenvalue weighted by Gasteiger charge is 2.11. The fourth-order valence-corrected chi connectivity index (χ4v) is 3.57. The highest BCUT2D eigenvalue weighted by Crippen LogP contribution is 2.12. The van der Waals surface area contributed by atoms with Crippen LogP contribution in [-0.4, -0.2) is 33.7 Å². The number of hydrogen-bond donors (Lipinski definition) is 2. The average molecular weight is 452 g/mol. The lowest BCUT2D eigenvalue weighted by Crippen LogP contribution is -2.30. The van der Waals surface area contributed by atoms with Crippen molar-refractivity contribution >= 4 is 22.1 Å². The molecule has 0 spiro atoms. The molecule has 0 saturated carbocycles. The Balaban J connectivity index is 1.42. The number of sulfonamides is 1. The Labute approximate surface area is 188 Å². The number of hydrazone groups is 1. The van der Waals surface area contributed by atoms with Crippen LogP contribution in [0.5, 0.6) is 5.75 Å². The molecule has 0 aliphatic carbocycles. The van der Waals surface area contributed by atoms with Crippen LogP contribution < -0.4 is 14.9 Å². The quantitative estimate of drug-likeness (QED) is 0.366. The summed E-state index contributed by atoms with van der Waals surface area (Å²) >= 11 is 0. The van der Waals surface area contributed by atoms with Gasteiger partial charge < -0.3 is 10.1 Å². The number of nitrogens with zero attached hydrogens (tertiary/aromatic N) is 1. The van der Waals surface area contributed by atoms with Crippen molar-refractivity contribution in [3.8, 4) is 5.75 Å². The lowest BCUT2D eigenvalue weighted by molar-refractivity contribution is -0.123. The zero-order valence-electron chi connectivity index (χ0n) is 17.7. The fourth-order valence-electron chi connectivity index (χ4n) is 2.78. The average Bonchev–Trinajstić information content (AvgIpc) is 2.79. The van der Waals surface area contributed by atoms with Gasteiger partial charge in [-0.2, -0.15) is 13.5 Å². The van der Waals surface area contributed by atoms with Gasteiger partial charge in [-0.15, -0.1) is 0 Å². The molecule has 3 rings (SSSR count). The first kappa shape index (κ1) is 23.0. The van der Waals surface area contributed by atoms with E-state index in [0.717, 1.165) is 17.5 Å². The molecule has 0 aliphatic heterocycles. The van der Waals surface area contributed by atoms with E-state index in [1.165, 1.54) is 18.3 Å². The fraction of sp³-hybridized carbons (Fsp3) is 0.167. The molecule has 166 valence electrons. The summed E-state index contributed by atoms with van der Waals surface area (Å²) in [6.07, 6.45) is 2.15. The van der Waals surface area contributed by atoms with E-state index in [-0.39, 0.29) is 17.4 Å². The summed E-state index contributed by atoms with van der Waals surface area (Å²) in [4.78, 5) is 14.3. The Kier molecular flexibility index (Phi) is 7.99. The summed E-state index contributed by atoms with van der Waals surface area (Å²) in [6.45, 7) is 2.34. The van der Waals surface area contributed by atoms with Gasteiger partial charge in [0.2, 0.25) is 0 Å². The number of nitrogens with one attached hydrogen (secondary N) is 2. The molecular formula is C24H25N3O4S. The largest absolute Gasteiger partial charge is 0.484 e. The van der Waals surface area contributed by atoms with E-state index < -0.39 is 10.0 Å². The number of benzene rings is 3. The second kappa shape index (κ2) is 11.1. The van der Waals surface area contributed by atoms with Crippen molar-refractivity contribution in [1.29, 1.82) is 0 Å². The van der Waals surface area contributed by atoms with Crippen molar-refractivity contribution in [2.24, 2.45) is 5.10 Å². The molecule has 8 heteroatoms. The molecule has 0 fully saturated rings. The Morgan fingerprint density at radius 2 is 1.66 bits per heavy atom. The number of carbonyl (C=O) groups is 1. The highest BCUT2D eigenvalue weighted by molar-refractivity contribution is 7.89. The Bertz CT molecular complexity index is 1140. The summed E-state index contributed by atoms with van der Waals surface area (Å²) in [7, 11) is -3.72. The Morgan fingerprint density at radius 1 is 0.969 bits per heavy atom. The maximum atomic E-state index is 12.2. The molecule has 0 aliphatic rings. The topological polar surface area (TPSA) is 96.9 Å². The van der Waals surface area contributed by atoms with Crippen LogP contribution in [0.1, 0.15) is 16.7 Å². The number of carbonyl (C=O) groups excluding carboxylic acids is 1. The summed E-state index contributed by atoms with van der Waals surface area (Å²) in [5.41, 5.74) is 2.81. The number of aryl methyl sites for hydroxylation is 1. The monoisotopic (exact) mass is 451 g/mol. The first-order chi connectivity index (χ1) is 15.4. The normalized spacial score (nSPS) is 11.3. The molecule has 7 nitrogen and oxygen atoms in total. The molecule has 3 aromatic carbocycles. The minimum absolute atomic E-state index is 0.0847. The molecule has 1 amide bonds. The van der Waals surface area contributed by atoms with Crippen LogP contribution in [0.3, 0.4) is 0 Å². The van der Waals surface area contributed by atoms with E-state index in [2.05, 4.69) is 15.2 Å². The van der Waals surface area contributed by atoms with Gasteiger partial charge >= 0.3 is 0 Å². The second-order valence-electron chi connectivity index (χ2n) is 7.11. The molecule has 0 bridgehead atoms. The van der Waals surface area contributed by atoms with Crippen LogP contribution in [0, 0.1) is 6.92 Å². The molecule has 0 unspecified atom stereocenters. The highest BCUT2D eigenvalue weighted by atomic mass is 32.2. The van der Waals surface area contributed by atoms with Crippen molar-refractivity contribution in [1.82, 2.24) is 10.1 Å². The van der Waals surface area contributed by atoms with Crippen LogP contribution in [0.4, 0.5) is 0 Å². The predicted octanol–water partition coefficient (Wildman–Crippen LogP) is 3.05. The number of hydrogen-bond acceptors (Lipinski definition) is 5. The van der Waals surface area contributed by atoms with Gasteiger partial charge in [0.05, 0.1) is 11.1 Å². The molecule has 0 heterocycles. The summed E-state index contributed by atoms with van der Waals surface area (Å²) in [5.74, 6) is 0.331. The van der Waals surface area contributed by atoms with E-state index in [9.17, 15) is 13.2 Å². The van der Waals surface area contributed by atoms with Crippen molar-refractivity contribution in [3.63, 3.8) is 0 Å². The third-order valence-corrected chi connectivity index (χ3v) is 5.79. The predicted molar refractivity (Wildman–Crippen MR) is 124 cm³/mol. The third-order valence-electron chi connectivity index (χ3n) is 4.55. The van der Waals surface area contributed by atoms with Crippen molar-refractivity contribution in [2.75, 3.05) is 13.2 Å². The van der Waals surface area contributed by atoms with E-state index >= 15 is 0 Å². The number of amides is 1. The molecule has 0 radical (unpaired) electrons. The zero-order valence-corrected chi connectivity index (χ0v) is 18.5. The third kappa shape index (κ3) is 7.24. The van der Waals surface area contributed by atoms with E-state index in [4.69, 9.17) is 4.74 Å². The van der Waals surface area contributed by atoms with E-state index in [1.807, 2.05) is 37.3 Å². The summed E-state index contributed by atoms with van der Waals surface area (Å²) in [5, 5.41) is 6.63. The maximum absolute atomic E-state index is 12.2. The Morgan fingerprint density at radius 3 is 2.34 bits per heavy atom. The van der Waals surface area contributed by atoms with Crippen LogP contribution in [0.2, 0.25) is 0 Å². The zero-order chi connectivity index (χ0) is 22.8.